The number of rotatable bonds is 15. The number of ether oxygens (including phenoxy) is 3. The quantitative estimate of drug-likeness (QED) is 0.0770. The number of nitrogens with one attached hydrogen (secondary N) is 2. The Morgan fingerprint density at radius 1 is 0.836 bits per heavy atom. The van der Waals surface area contributed by atoms with Gasteiger partial charge in [0.15, 0.2) is 15.5 Å². The fourth-order valence-electron chi connectivity index (χ4n) is 5.90. The van der Waals surface area contributed by atoms with Crippen molar-refractivity contribution in [3.05, 3.63) is 96.4 Å². The Morgan fingerprint density at radius 3 is 2.07 bits per heavy atom. The highest BCUT2D eigenvalue weighted by Gasteiger charge is 2.33. The van der Waals surface area contributed by atoms with Crippen molar-refractivity contribution in [3.8, 4) is 16.9 Å². The molecule has 0 aliphatic rings. The monoisotopic (exact) mass is 881 g/mol. The van der Waals surface area contributed by atoms with Gasteiger partial charge in [0, 0.05) is 36.7 Å². The summed E-state index contributed by atoms with van der Waals surface area (Å²) in [5, 5.41) is 10.0. The number of hydrogen-bond acceptors (Lipinski definition) is 12. The van der Waals surface area contributed by atoms with E-state index in [0.717, 1.165) is 16.7 Å². The number of fused-ring (bicyclic) bond motifs is 1. The van der Waals surface area contributed by atoms with Gasteiger partial charge in [0.25, 0.3) is 5.95 Å². The van der Waals surface area contributed by atoms with Crippen LogP contribution < -0.4 is 26.0 Å². The molecule has 0 bridgehead atoms. The lowest BCUT2D eigenvalue weighted by Crippen LogP contribution is -2.53. The number of nitrogens with two attached hydrogens (primary N) is 1. The van der Waals surface area contributed by atoms with Crippen LogP contribution in [0, 0.1) is 17.7 Å². The number of methoxy groups -OCH3 is 1. The highest BCUT2D eigenvalue weighted by atomic mass is 35.5. The molecule has 0 aliphatic heterocycles. The summed E-state index contributed by atoms with van der Waals surface area (Å²) in [4.78, 5) is 58.3. The van der Waals surface area contributed by atoms with Gasteiger partial charge in [0.2, 0.25) is 18.1 Å². The molecule has 0 saturated carbocycles. The standard InChI is InChI=1S/C42H48FN7O9S.ClH/c1-23(2)36(44)39(52)47-37(24(3)4)40(53)58-26(6)59-42(54)50(33-19-18-32(60(8,55)56)21-34(33)57-7)41-46-35-20-13-29(22-49(35)48-41)28-11-16-31(17-12-28)45-38(51)25(5)27-9-14-30(43)15-10-27;/h9-26,36-37H,44H2,1-8H3,(H,45,51)(H,47,52);1H/t25-,26?,36+,37+;/m1./s1. The van der Waals surface area contributed by atoms with Gasteiger partial charge in [-0.1, -0.05) is 52.0 Å². The van der Waals surface area contributed by atoms with E-state index in [1.165, 1.54) is 48.9 Å². The van der Waals surface area contributed by atoms with Crippen molar-refractivity contribution >= 4 is 69.1 Å². The zero-order chi connectivity index (χ0) is 44.1. The molecule has 3 amide bonds. The van der Waals surface area contributed by atoms with Gasteiger partial charge in [-0.2, -0.15) is 4.98 Å². The van der Waals surface area contributed by atoms with Crippen LogP contribution >= 0.6 is 12.4 Å². The predicted octanol–water partition coefficient (Wildman–Crippen LogP) is 6.40. The molecule has 3 aromatic carbocycles. The number of hydrogen-bond donors (Lipinski definition) is 3. The zero-order valence-electron chi connectivity index (χ0n) is 34.8. The number of halogens is 2. The minimum Gasteiger partial charge on any atom is -0.495 e. The summed E-state index contributed by atoms with van der Waals surface area (Å²) >= 11 is 0. The number of sulfone groups is 1. The zero-order valence-corrected chi connectivity index (χ0v) is 36.4. The predicted molar refractivity (Wildman–Crippen MR) is 229 cm³/mol. The maximum atomic E-state index is 14.1. The molecule has 326 valence electrons. The third-order valence-corrected chi connectivity index (χ3v) is 10.7. The molecular formula is C42H49ClFN7O9S. The van der Waals surface area contributed by atoms with E-state index in [2.05, 4.69) is 20.7 Å². The van der Waals surface area contributed by atoms with Crippen molar-refractivity contribution in [3.63, 3.8) is 0 Å². The van der Waals surface area contributed by atoms with Crippen molar-refractivity contribution in [2.24, 2.45) is 17.6 Å². The molecule has 2 aromatic heterocycles. The number of benzene rings is 3. The van der Waals surface area contributed by atoms with E-state index in [4.69, 9.17) is 19.9 Å². The molecule has 1 unspecified atom stereocenters. The van der Waals surface area contributed by atoms with Crippen molar-refractivity contribution in [2.75, 3.05) is 23.6 Å². The number of nitrogens with zero attached hydrogens (tertiary/aromatic N) is 4. The van der Waals surface area contributed by atoms with Crippen LogP contribution in [0.3, 0.4) is 0 Å². The molecule has 0 saturated heterocycles. The SMILES string of the molecule is COc1cc(S(C)(=O)=O)ccc1N(C(=O)OC(C)OC(=O)[C@@H](NC(=O)[C@@H](N)C(C)C)C(C)C)c1nc2ccc(-c3ccc(NC(=O)[C@H](C)c4ccc(F)cc4)cc3)cn2n1.Cl. The van der Waals surface area contributed by atoms with Crippen LogP contribution in [0.15, 0.2) is 90.0 Å². The van der Waals surface area contributed by atoms with Gasteiger partial charge in [0.1, 0.15) is 17.6 Å². The van der Waals surface area contributed by atoms with Crippen LogP contribution in [-0.4, -0.2) is 78.6 Å². The van der Waals surface area contributed by atoms with Crippen molar-refractivity contribution in [2.45, 2.75) is 70.7 Å². The van der Waals surface area contributed by atoms with Gasteiger partial charge in [0.05, 0.1) is 29.7 Å². The highest BCUT2D eigenvalue weighted by Crippen LogP contribution is 2.36. The lowest BCUT2D eigenvalue weighted by molar-refractivity contribution is -0.169. The van der Waals surface area contributed by atoms with Gasteiger partial charge in [-0.3, -0.25) is 9.59 Å². The second-order valence-electron chi connectivity index (χ2n) is 14.8. The third kappa shape index (κ3) is 11.6. The Hall–Kier alpha value is -6.11. The highest BCUT2D eigenvalue weighted by molar-refractivity contribution is 7.90. The van der Waals surface area contributed by atoms with E-state index in [1.807, 2.05) is 0 Å². The molecular weight excluding hydrogens is 833 g/mol. The second kappa shape index (κ2) is 20.0. The van der Waals surface area contributed by atoms with E-state index in [0.29, 0.717) is 22.5 Å². The fourth-order valence-corrected chi connectivity index (χ4v) is 6.54. The van der Waals surface area contributed by atoms with Crippen LogP contribution in [0.1, 0.15) is 53.0 Å². The summed E-state index contributed by atoms with van der Waals surface area (Å²) < 4.78 is 56.1. The van der Waals surface area contributed by atoms with Crippen LogP contribution in [0.5, 0.6) is 5.75 Å². The number of pyridine rings is 1. The number of aromatic nitrogens is 3. The molecule has 19 heteroatoms. The molecule has 5 rings (SSSR count). The molecule has 61 heavy (non-hydrogen) atoms. The van der Waals surface area contributed by atoms with Gasteiger partial charge < -0.3 is 30.6 Å². The van der Waals surface area contributed by atoms with E-state index in [1.54, 1.807) is 89.3 Å². The van der Waals surface area contributed by atoms with Crippen LogP contribution in [0.2, 0.25) is 0 Å². The first-order chi connectivity index (χ1) is 28.3. The third-order valence-electron chi connectivity index (χ3n) is 9.56. The molecule has 4 N–H and O–H groups in total. The Balaban J connectivity index is 0.00000819. The maximum absolute atomic E-state index is 14.1. The Kier molecular flexibility index (Phi) is 15.6. The van der Waals surface area contributed by atoms with Crippen molar-refractivity contribution in [1.29, 1.82) is 0 Å². The minimum atomic E-state index is -3.68. The average molecular weight is 882 g/mol. The fraction of sp³-hybridized carbons (Fsp3) is 0.333. The number of anilines is 3. The van der Waals surface area contributed by atoms with Crippen LogP contribution in [0.25, 0.3) is 16.8 Å². The smallest absolute Gasteiger partial charge is 0.424 e. The maximum Gasteiger partial charge on any atom is 0.424 e. The molecule has 0 fully saturated rings. The Morgan fingerprint density at radius 2 is 1.48 bits per heavy atom. The summed E-state index contributed by atoms with van der Waals surface area (Å²) in [7, 11) is -2.40. The first-order valence-electron chi connectivity index (χ1n) is 19.0. The molecule has 5 aromatic rings. The summed E-state index contributed by atoms with van der Waals surface area (Å²) in [6, 6.07) is 18.1. The summed E-state index contributed by atoms with van der Waals surface area (Å²) in [6.07, 6.45) is 0.0803. The van der Waals surface area contributed by atoms with Crippen molar-refractivity contribution < 1.29 is 46.2 Å². The van der Waals surface area contributed by atoms with Crippen LogP contribution in [-0.2, 0) is 33.7 Å². The topological polar surface area (TPSA) is 214 Å². The number of amides is 3. The molecule has 16 nitrogen and oxygen atoms in total. The summed E-state index contributed by atoms with van der Waals surface area (Å²) in [5.74, 6) is -3.43. The molecule has 0 aliphatic carbocycles. The summed E-state index contributed by atoms with van der Waals surface area (Å²) in [6.45, 7) is 9.98. The first-order valence-corrected chi connectivity index (χ1v) is 20.8. The van der Waals surface area contributed by atoms with Gasteiger partial charge in [-0.05, 0) is 78.4 Å². The van der Waals surface area contributed by atoms with Crippen LogP contribution in [0.4, 0.5) is 26.5 Å². The number of carbonyl (C=O) groups excluding carboxylic acids is 4. The first kappa shape index (κ1) is 47.6. The van der Waals surface area contributed by atoms with Crippen molar-refractivity contribution in [1.82, 2.24) is 19.9 Å². The van der Waals surface area contributed by atoms with E-state index < -0.39 is 58.0 Å². The largest absolute Gasteiger partial charge is 0.495 e. The van der Waals surface area contributed by atoms with E-state index in [9.17, 15) is 32.0 Å². The molecule has 2 heterocycles. The van der Waals surface area contributed by atoms with Gasteiger partial charge in [-0.25, -0.2) is 31.8 Å². The average Bonchev–Trinajstić information content (AvgIpc) is 3.62. The lowest BCUT2D eigenvalue weighted by Gasteiger charge is -2.26. The Bertz CT molecular complexity index is 2480. The van der Waals surface area contributed by atoms with E-state index >= 15 is 0 Å². The second-order valence-corrected chi connectivity index (χ2v) is 16.8. The minimum absolute atomic E-state index is 0. The summed E-state index contributed by atoms with van der Waals surface area (Å²) in [5.41, 5.74) is 8.96. The molecule has 0 radical (unpaired) electrons. The Labute approximate surface area is 359 Å². The molecule has 0 spiro atoms. The normalized spacial score (nSPS) is 13.4. The van der Waals surface area contributed by atoms with E-state index in [-0.39, 0.29) is 52.3 Å². The van der Waals surface area contributed by atoms with Gasteiger partial charge >= 0.3 is 12.1 Å². The van der Waals surface area contributed by atoms with Gasteiger partial charge in [-0.15, -0.1) is 17.5 Å². The molecule has 4 atom stereocenters. The number of carbonyl (C=O) groups is 4. The lowest BCUT2D eigenvalue weighted by atomic mass is 10.00. The number of esters is 1.